The van der Waals surface area contributed by atoms with Gasteiger partial charge in [0.1, 0.15) is 5.69 Å². The summed E-state index contributed by atoms with van der Waals surface area (Å²) in [7, 11) is 0. The van der Waals surface area contributed by atoms with Crippen molar-refractivity contribution in [1.29, 1.82) is 0 Å². The molecule has 0 fully saturated rings. The molecule has 0 aliphatic rings. The van der Waals surface area contributed by atoms with E-state index in [1.807, 2.05) is 6.92 Å². The molecule has 1 aromatic rings. The van der Waals surface area contributed by atoms with Crippen molar-refractivity contribution in [3.8, 4) is 0 Å². The zero-order valence-corrected chi connectivity index (χ0v) is 11.0. The third kappa shape index (κ3) is 3.48. The van der Waals surface area contributed by atoms with Crippen molar-refractivity contribution in [2.24, 2.45) is 0 Å². The SMILES string of the molecule is CCCC(C)Nc1cc(Br)ccc1[N+](=O)[O-]. The molecule has 1 rings (SSSR count). The van der Waals surface area contributed by atoms with Gasteiger partial charge in [0, 0.05) is 16.6 Å². The van der Waals surface area contributed by atoms with Crippen LogP contribution >= 0.6 is 15.9 Å². The Morgan fingerprint density at radius 2 is 2.25 bits per heavy atom. The molecule has 0 aliphatic heterocycles. The number of nitro benzene ring substituents is 1. The van der Waals surface area contributed by atoms with Crippen molar-refractivity contribution in [2.45, 2.75) is 32.7 Å². The molecule has 16 heavy (non-hydrogen) atoms. The predicted octanol–water partition coefficient (Wildman–Crippen LogP) is 3.96. The minimum Gasteiger partial charge on any atom is -0.377 e. The van der Waals surface area contributed by atoms with Gasteiger partial charge in [-0.1, -0.05) is 29.3 Å². The van der Waals surface area contributed by atoms with Gasteiger partial charge in [-0.3, -0.25) is 10.1 Å². The van der Waals surface area contributed by atoms with Gasteiger partial charge in [-0.05, 0) is 25.5 Å². The third-order valence-electron chi connectivity index (χ3n) is 2.28. The number of rotatable bonds is 5. The summed E-state index contributed by atoms with van der Waals surface area (Å²) in [6.45, 7) is 4.11. The predicted molar refractivity (Wildman–Crippen MR) is 68.8 cm³/mol. The molecule has 1 N–H and O–H groups in total. The Bertz CT molecular complexity index is 382. The van der Waals surface area contributed by atoms with E-state index in [1.54, 1.807) is 12.1 Å². The Balaban J connectivity index is 2.92. The van der Waals surface area contributed by atoms with Crippen LogP contribution in [0.4, 0.5) is 11.4 Å². The van der Waals surface area contributed by atoms with E-state index in [-0.39, 0.29) is 16.7 Å². The molecule has 0 heterocycles. The molecular weight excluding hydrogens is 272 g/mol. The van der Waals surface area contributed by atoms with Crippen molar-refractivity contribution in [2.75, 3.05) is 5.32 Å². The summed E-state index contributed by atoms with van der Waals surface area (Å²) in [6.07, 6.45) is 2.04. The Morgan fingerprint density at radius 1 is 1.56 bits per heavy atom. The van der Waals surface area contributed by atoms with E-state index in [0.717, 1.165) is 17.3 Å². The Morgan fingerprint density at radius 3 is 2.81 bits per heavy atom. The topological polar surface area (TPSA) is 55.2 Å². The van der Waals surface area contributed by atoms with Gasteiger partial charge in [0.25, 0.3) is 5.69 Å². The summed E-state index contributed by atoms with van der Waals surface area (Å²) >= 11 is 3.31. The number of nitrogens with one attached hydrogen (secondary N) is 1. The molecule has 0 saturated heterocycles. The van der Waals surface area contributed by atoms with Crippen LogP contribution in [-0.2, 0) is 0 Å². The number of halogens is 1. The van der Waals surface area contributed by atoms with Gasteiger partial charge in [-0.2, -0.15) is 0 Å². The maximum absolute atomic E-state index is 10.8. The molecule has 4 nitrogen and oxygen atoms in total. The van der Waals surface area contributed by atoms with Gasteiger partial charge < -0.3 is 5.32 Å². The Kier molecular flexibility index (Phi) is 4.73. The molecule has 0 saturated carbocycles. The van der Waals surface area contributed by atoms with Crippen LogP contribution in [0.5, 0.6) is 0 Å². The number of nitrogens with zero attached hydrogens (tertiary/aromatic N) is 1. The summed E-state index contributed by atoms with van der Waals surface area (Å²) in [5, 5.41) is 14.0. The Labute approximate surface area is 103 Å². The van der Waals surface area contributed by atoms with Gasteiger partial charge in [-0.15, -0.1) is 0 Å². The summed E-state index contributed by atoms with van der Waals surface area (Å²) < 4.78 is 0.837. The summed E-state index contributed by atoms with van der Waals surface area (Å²) in [6, 6.07) is 5.15. The summed E-state index contributed by atoms with van der Waals surface area (Å²) in [4.78, 5) is 10.5. The van der Waals surface area contributed by atoms with Gasteiger partial charge in [0.05, 0.1) is 4.92 Å². The van der Waals surface area contributed by atoms with E-state index in [0.29, 0.717) is 5.69 Å². The van der Waals surface area contributed by atoms with E-state index in [1.165, 1.54) is 6.07 Å². The lowest BCUT2D eigenvalue weighted by molar-refractivity contribution is -0.384. The van der Waals surface area contributed by atoms with Gasteiger partial charge >= 0.3 is 0 Å². The molecule has 1 unspecified atom stereocenters. The maximum atomic E-state index is 10.8. The van der Waals surface area contributed by atoms with Gasteiger partial charge in [0.15, 0.2) is 0 Å². The zero-order valence-electron chi connectivity index (χ0n) is 9.37. The van der Waals surface area contributed by atoms with E-state index in [4.69, 9.17) is 0 Å². The molecule has 0 bridgehead atoms. The second-order valence-electron chi connectivity index (χ2n) is 3.75. The van der Waals surface area contributed by atoms with E-state index in [2.05, 4.69) is 28.2 Å². The number of nitro groups is 1. The molecule has 0 aliphatic carbocycles. The minimum atomic E-state index is -0.368. The minimum absolute atomic E-state index is 0.117. The number of anilines is 1. The van der Waals surface area contributed by atoms with Crippen LogP contribution < -0.4 is 5.32 Å². The fourth-order valence-electron chi connectivity index (χ4n) is 1.55. The highest BCUT2D eigenvalue weighted by Gasteiger charge is 2.15. The molecule has 0 amide bonds. The van der Waals surface area contributed by atoms with Crippen molar-refractivity contribution in [3.05, 3.63) is 32.8 Å². The lowest BCUT2D eigenvalue weighted by Gasteiger charge is -2.14. The van der Waals surface area contributed by atoms with Gasteiger partial charge in [0.2, 0.25) is 0 Å². The van der Waals surface area contributed by atoms with E-state index in [9.17, 15) is 10.1 Å². The summed E-state index contributed by atoms with van der Waals surface area (Å²) in [5.74, 6) is 0. The average Bonchev–Trinajstić information content (AvgIpc) is 2.17. The molecule has 1 aromatic carbocycles. The van der Waals surface area contributed by atoms with Crippen LogP contribution in [0.2, 0.25) is 0 Å². The number of benzene rings is 1. The standard InChI is InChI=1S/C11H15BrN2O2/c1-3-4-8(2)13-10-7-9(12)5-6-11(10)14(15)16/h5-8,13H,3-4H2,1-2H3. The first-order valence-corrected chi connectivity index (χ1v) is 6.04. The normalized spacial score (nSPS) is 12.2. The first-order chi connectivity index (χ1) is 7.54. The molecule has 1 atom stereocenters. The molecule has 0 aromatic heterocycles. The van der Waals surface area contributed by atoms with Crippen LogP contribution in [-0.4, -0.2) is 11.0 Å². The van der Waals surface area contributed by atoms with Crippen molar-refractivity contribution in [1.82, 2.24) is 0 Å². The van der Waals surface area contributed by atoms with Crippen LogP contribution in [0.1, 0.15) is 26.7 Å². The third-order valence-corrected chi connectivity index (χ3v) is 2.77. The average molecular weight is 287 g/mol. The maximum Gasteiger partial charge on any atom is 0.292 e. The lowest BCUT2D eigenvalue weighted by Crippen LogP contribution is -2.15. The fourth-order valence-corrected chi connectivity index (χ4v) is 1.91. The highest BCUT2D eigenvalue weighted by atomic mass is 79.9. The molecule has 0 spiro atoms. The zero-order chi connectivity index (χ0) is 12.1. The molecule has 0 radical (unpaired) electrons. The van der Waals surface area contributed by atoms with Crippen molar-refractivity contribution < 1.29 is 4.92 Å². The smallest absolute Gasteiger partial charge is 0.292 e. The van der Waals surface area contributed by atoms with Crippen LogP contribution in [0, 0.1) is 10.1 Å². The quantitative estimate of drug-likeness (QED) is 0.658. The van der Waals surface area contributed by atoms with Crippen molar-refractivity contribution in [3.63, 3.8) is 0 Å². The molecule has 88 valence electrons. The molecular formula is C11H15BrN2O2. The van der Waals surface area contributed by atoms with Crippen LogP contribution in [0.3, 0.4) is 0 Å². The van der Waals surface area contributed by atoms with Gasteiger partial charge in [-0.25, -0.2) is 0 Å². The first-order valence-electron chi connectivity index (χ1n) is 5.25. The van der Waals surface area contributed by atoms with E-state index < -0.39 is 0 Å². The molecule has 5 heteroatoms. The fraction of sp³-hybridized carbons (Fsp3) is 0.455. The number of hydrogen-bond acceptors (Lipinski definition) is 3. The van der Waals surface area contributed by atoms with E-state index >= 15 is 0 Å². The van der Waals surface area contributed by atoms with Crippen molar-refractivity contribution >= 4 is 27.3 Å². The van der Waals surface area contributed by atoms with Crippen LogP contribution in [0.15, 0.2) is 22.7 Å². The lowest BCUT2D eigenvalue weighted by atomic mass is 10.2. The highest BCUT2D eigenvalue weighted by molar-refractivity contribution is 9.10. The highest BCUT2D eigenvalue weighted by Crippen LogP contribution is 2.28. The second-order valence-corrected chi connectivity index (χ2v) is 4.67. The Hall–Kier alpha value is -1.10. The number of hydrogen-bond donors (Lipinski definition) is 1. The summed E-state index contributed by atoms with van der Waals surface area (Å²) in [5.41, 5.74) is 0.687. The first kappa shape index (κ1) is 13.0. The second kappa shape index (κ2) is 5.84. The largest absolute Gasteiger partial charge is 0.377 e. The van der Waals surface area contributed by atoms with Crippen LogP contribution in [0.25, 0.3) is 0 Å². The monoisotopic (exact) mass is 286 g/mol.